The van der Waals surface area contributed by atoms with Gasteiger partial charge in [0.2, 0.25) is 5.91 Å². The molecule has 136 valence electrons. The van der Waals surface area contributed by atoms with Crippen LogP contribution in [-0.4, -0.2) is 10.9 Å². The van der Waals surface area contributed by atoms with E-state index >= 15 is 0 Å². The molecule has 0 saturated carbocycles. The van der Waals surface area contributed by atoms with Crippen LogP contribution in [0.4, 0.5) is 10.2 Å². The van der Waals surface area contributed by atoms with Crippen molar-refractivity contribution in [2.75, 3.05) is 5.32 Å². The maximum atomic E-state index is 14.1. The van der Waals surface area contributed by atoms with E-state index in [2.05, 4.69) is 10.3 Å². The van der Waals surface area contributed by atoms with E-state index in [-0.39, 0.29) is 11.7 Å². The first-order valence-electron chi connectivity index (χ1n) is 8.10. The Balaban J connectivity index is 0.00000151. The molecule has 6 heteroatoms. The van der Waals surface area contributed by atoms with Crippen molar-refractivity contribution in [2.45, 2.75) is 45.3 Å². The van der Waals surface area contributed by atoms with Gasteiger partial charge < -0.3 is 5.32 Å². The third-order valence-corrected chi connectivity index (χ3v) is 4.37. The highest BCUT2D eigenvalue weighted by Crippen LogP contribution is 2.25. The number of carbonyl (C=O) groups excluding carboxylic acids is 1. The van der Waals surface area contributed by atoms with Gasteiger partial charge in [0.1, 0.15) is 0 Å². The zero-order valence-corrected chi connectivity index (χ0v) is 16.8. The molecule has 3 nitrogen and oxygen atoms in total. The molecular weight excluding hydrogens is 359 g/mol. The molecule has 0 bridgehead atoms. The molecule has 0 aliphatic heterocycles. The summed E-state index contributed by atoms with van der Waals surface area (Å²) in [4.78, 5) is 16.9. The molecule has 1 aromatic carbocycles. The molecular formula is C19H24ClFN2OS. The number of carbonyl (C=O) groups is 1. The number of rotatable bonds is 4. The van der Waals surface area contributed by atoms with E-state index in [1.807, 2.05) is 38.1 Å². The lowest BCUT2D eigenvalue weighted by Gasteiger charge is -2.17. The quantitative estimate of drug-likeness (QED) is 0.642. The minimum atomic E-state index is -0.600. The summed E-state index contributed by atoms with van der Waals surface area (Å²) in [6.45, 7) is 9.28. The fourth-order valence-corrected chi connectivity index (χ4v) is 2.59. The Morgan fingerprint density at radius 1 is 1.24 bits per heavy atom. The number of aromatic nitrogens is 1. The minimum Gasteiger partial charge on any atom is -0.308 e. The lowest BCUT2D eigenvalue weighted by atomic mass is 9.96. The van der Waals surface area contributed by atoms with Crippen molar-refractivity contribution in [1.29, 1.82) is 0 Å². The fraction of sp³-hybridized carbons (Fsp3) is 0.368. The Bertz CT molecular complexity index is 700. The Morgan fingerprint density at radius 2 is 1.84 bits per heavy atom. The second-order valence-corrected chi connectivity index (χ2v) is 7.61. The number of amides is 1. The van der Waals surface area contributed by atoms with E-state index in [1.165, 1.54) is 6.07 Å². The predicted molar refractivity (Wildman–Crippen MR) is 105 cm³/mol. The Labute approximate surface area is 158 Å². The van der Waals surface area contributed by atoms with Gasteiger partial charge in [0.25, 0.3) is 0 Å². The molecule has 0 saturated heterocycles. The van der Waals surface area contributed by atoms with Crippen LogP contribution in [0.1, 0.15) is 40.2 Å². The largest absolute Gasteiger partial charge is 0.308 e. The van der Waals surface area contributed by atoms with Crippen molar-refractivity contribution in [3.05, 3.63) is 52.9 Å². The van der Waals surface area contributed by atoms with Crippen LogP contribution in [0.2, 0.25) is 5.02 Å². The van der Waals surface area contributed by atoms with Gasteiger partial charge in [-0.05, 0) is 35.9 Å². The monoisotopic (exact) mass is 382 g/mol. The first-order chi connectivity index (χ1) is 11.8. The predicted octanol–water partition coefficient (Wildman–Crippen LogP) is 6.18. The SMILES string of the molecule is CC.CC(C)(C)C(=O)Nc1ncc(CSc2ccc(Cl)cc2)cc1F. The average Bonchev–Trinajstić information content (AvgIpc) is 2.57. The number of hydrogen-bond donors (Lipinski definition) is 1. The topological polar surface area (TPSA) is 42.0 Å². The van der Waals surface area contributed by atoms with E-state index in [9.17, 15) is 9.18 Å². The van der Waals surface area contributed by atoms with Crippen molar-refractivity contribution in [3.63, 3.8) is 0 Å². The second kappa shape index (κ2) is 9.78. The summed E-state index contributed by atoms with van der Waals surface area (Å²) in [5, 5.41) is 3.19. The lowest BCUT2D eigenvalue weighted by molar-refractivity contribution is -0.123. The standard InChI is InChI=1S/C17H18ClFN2OS.C2H6/c1-17(2,3)16(22)21-15-14(19)8-11(9-20-15)10-23-13-6-4-12(18)5-7-13;1-2/h4-9H,10H2,1-3H3,(H,20,21,22);1-2H3. The number of pyridine rings is 1. The molecule has 1 N–H and O–H groups in total. The van der Waals surface area contributed by atoms with Gasteiger partial charge in [-0.15, -0.1) is 11.8 Å². The maximum Gasteiger partial charge on any atom is 0.230 e. The number of halogens is 2. The normalized spacial score (nSPS) is 10.7. The Kier molecular flexibility index (Phi) is 8.39. The molecule has 1 amide bonds. The van der Waals surface area contributed by atoms with Gasteiger partial charge in [-0.3, -0.25) is 4.79 Å². The summed E-state index contributed by atoms with van der Waals surface area (Å²) >= 11 is 7.40. The zero-order valence-electron chi connectivity index (χ0n) is 15.2. The summed E-state index contributed by atoms with van der Waals surface area (Å²) < 4.78 is 14.1. The molecule has 0 spiro atoms. The van der Waals surface area contributed by atoms with Gasteiger partial charge in [-0.25, -0.2) is 9.37 Å². The molecule has 0 fully saturated rings. The summed E-state index contributed by atoms with van der Waals surface area (Å²) in [6.07, 6.45) is 1.57. The van der Waals surface area contributed by atoms with Crippen molar-refractivity contribution < 1.29 is 9.18 Å². The van der Waals surface area contributed by atoms with E-state index in [0.717, 1.165) is 10.5 Å². The molecule has 1 heterocycles. The highest BCUT2D eigenvalue weighted by atomic mass is 35.5. The van der Waals surface area contributed by atoms with E-state index in [4.69, 9.17) is 11.6 Å². The van der Waals surface area contributed by atoms with E-state index < -0.39 is 11.2 Å². The van der Waals surface area contributed by atoms with Crippen molar-refractivity contribution in [3.8, 4) is 0 Å². The van der Waals surface area contributed by atoms with Crippen LogP contribution >= 0.6 is 23.4 Å². The highest BCUT2D eigenvalue weighted by Gasteiger charge is 2.22. The number of thioether (sulfide) groups is 1. The summed E-state index contributed by atoms with van der Waals surface area (Å²) in [6, 6.07) is 8.85. The van der Waals surface area contributed by atoms with E-state index in [1.54, 1.807) is 38.7 Å². The number of nitrogens with zero attached hydrogens (tertiary/aromatic N) is 1. The van der Waals surface area contributed by atoms with E-state index in [0.29, 0.717) is 10.8 Å². The smallest absolute Gasteiger partial charge is 0.230 e. The lowest BCUT2D eigenvalue weighted by Crippen LogP contribution is -2.28. The van der Waals surface area contributed by atoms with Gasteiger partial charge in [0, 0.05) is 27.3 Å². The van der Waals surface area contributed by atoms with Gasteiger partial charge in [0.05, 0.1) is 0 Å². The molecule has 2 aromatic rings. The van der Waals surface area contributed by atoms with Crippen molar-refractivity contribution in [2.24, 2.45) is 5.41 Å². The first-order valence-corrected chi connectivity index (χ1v) is 9.46. The van der Waals surface area contributed by atoms with Gasteiger partial charge in [-0.2, -0.15) is 0 Å². The molecule has 2 rings (SSSR count). The number of benzene rings is 1. The highest BCUT2D eigenvalue weighted by molar-refractivity contribution is 7.98. The third-order valence-electron chi connectivity index (χ3n) is 3.03. The molecule has 0 aliphatic rings. The summed E-state index contributed by atoms with van der Waals surface area (Å²) in [5.41, 5.74) is 0.147. The average molecular weight is 383 g/mol. The number of nitrogens with one attached hydrogen (secondary N) is 1. The minimum absolute atomic E-state index is 0.0369. The molecule has 0 unspecified atom stereocenters. The van der Waals surface area contributed by atoms with Crippen LogP contribution in [0.5, 0.6) is 0 Å². The van der Waals surface area contributed by atoms with Gasteiger partial charge in [-0.1, -0.05) is 46.2 Å². The zero-order chi connectivity index (χ0) is 19.0. The molecule has 25 heavy (non-hydrogen) atoms. The van der Waals surface area contributed by atoms with Crippen LogP contribution in [0.3, 0.4) is 0 Å². The first kappa shape index (κ1) is 21.5. The van der Waals surface area contributed by atoms with Gasteiger partial charge in [0.15, 0.2) is 11.6 Å². The number of anilines is 1. The second-order valence-electron chi connectivity index (χ2n) is 6.12. The number of hydrogen-bond acceptors (Lipinski definition) is 3. The van der Waals surface area contributed by atoms with Crippen LogP contribution in [0, 0.1) is 11.2 Å². The third kappa shape index (κ3) is 7.04. The Hall–Kier alpha value is -1.59. The fourth-order valence-electron chi connectivity index (χ4n) is 1.64. The van der Waals surface area contributed by atoms with Crippen molar-refractivity contribution >= 4 is 35.1 Å². The van der Waals surface area contributed by atoms with Crippen LogP contribution in [0.25, 0.3) is 0 Å². The molecule has 0 aliphatic carbocycles. The molecule has 1 aromatic heterocycles. The Morgan fingerprint density at radius 3 is 2.36 bits per heavy atom. The van der Waals surface area contributed by atoms with Gasteiger partial charge >= 0.3 is 0 Å². The maximum absolute atomic E-state index is 14.1. The van der Waals surface area contributed by atoms with Crippen LogP contribution in [0.15, 0.2) is 41.4 Å². The summed E-state index contributed by atoms with van der Waals surface area (Å²) in [5.74, 6) is -0.256. The molecule has 0 atom stereocenters. The molecule has 0 radical (unpaired) electrons. The summed E-state index contributed by atoms with van der Waals surface area (Å²) in [7, 11) is 0. The van der Waals surface area contributed by atoms with Crippen molar-refractivity contribution in [1.82, 2.24) is 4.98 Å². The van der Waals surface area contributed by atoms with Crippen LogP contribution in [-0.2, 0) is 10.5 Å². The van der Waals surface area contributed by atoms with Crippen LogP contribution < -0.4 is 5.32 Å².